The summed E-state index contributed by atoms with van der Waals surface area (Å²) in [5.74, 6) is 0.665. The highest BCUT2D eigenvalue weighted by molar-refractivity contribution is 7.12. The first kappa shape index (κ1) is 21.1. The number of thiazole rings is 1. The quantitative estimate of drug-likeness (QED) is 0.540. The fourth-order valence-electron chi connectivity index (χ4n) is 4.09. The zero-order chi connectivity index (χ0) is 20.8. The van der Waals surface area contributed by atoms with Gasteiger partial charge in [0, 0.05) is 54.5 Å². The smallest absolute Gasteiger partial charge is 0.220 e. The lowest BCUT2D eigenvalue weighted by atomic mass is 9.93. The van der Waals surface area contributed by atoms with Crippen molar-refractivity contribution in [2.75, 3.05) is 13.1 Å². The van der Waals surface area contributed by atoms with E-state index in [4.69, 9.17) is 11.6 Å². The predicted molar refractivity (Wildman–Crippen MR) is 122 cm³/mol. The number of hydrogen-bond acceptors (Lipinski definition) is 4. The summed E-state index contributed by atoms with van der Waals surface area (Å²) in [7, 11) is 0. The van der Waals surface area contributed by atoms with E-state index in [2.05, 4.69) is 38.1 Å². The van der Waals surface area contributed by atoms with Crippen LogP contribution < -0.4 is 5.32 Å². The van der Waals surface area contributed by atoms with Gasteiger partial charge in [-0.1, -0.05) is 29.8 Å². The van der Waals surface area contributed by atoms with Gasteiger partial charge in [-0.15, -0.1) is 11.3 Å². The Hall–Kier alpha value is -2.15. The molecule has 5 nitrogen and oxygen atoms in total. The number of aromatic nitrogens is 2. The van der Waals surface area contributed by atoms with E-state index in [0.717, 1.165) is 36.8 Å². The monoisotopic (exact) mass is 442 g/mol. The van der Waals surface area contributed by atoms with Gasteiger partial charge in [0.15, 0.2) is 5.13 Å². The SMILES string of the molecule is O=C(CCC1CCCN(Cc2cccn2-c2nccs2)C1)NCc1ccccc1Cl. The average Bonchev–Trinajstić information content (AvgIpc) is 3.44. The largest absolute Gasteiger partial charge is 0.352 e. The maximum Gasteiger partial charge on any atom is 0.220 e. The van der Waals surface area contributed by atoms with Crippen LogP contribution in [0.1, 0.15) is 36.9 Å². The molecular weight excluding hydrogens is 416 g/mol. The number of benzene rings is 1. The summed E-state index contributed by atoms with van der Waals surface area (Å²) in [6.45, 7) is 3.56. The van der Waals surface area contributed by atoms with E-state index in [1.807, 2.05) is 35.8 Å². The molecule has 1 aliphatic heterocycles. The molecule has 1 fully saturated rings. The van der Waals surface area contributed by atoms with Gasteiger partial charge in [-0.05, 0) is 55.5 Å². The molecule has 1 unspecified atom stereocenters. The highest BCUT2D eigenvalue weighted by Crippen LogP contribution is 2.24. The number of halogens is 1. The highest BCUT2D eigenvalue weighted by Gasteiger charge is 2.21. The van der Waals surface area contributed by atoms with Crippen molar-refractivity contribution >= 4 is 28.8 Å². The van der Waals surface area contributed by atoms with Crippen molar-refractivity contribution < 1.29 is 4.79 Å². The zero-order valence-electron chi connectivity index (χ0n) is 17.0. The summed E-state index contributed by atoms with van der Waals surface area (Å²) in [5, 5.41) is 6.72. The molecule has 158 valence electrons. The molecule has 2 aromatic heterocycles. The molecule has 1 aliphatic rings. The maximum atomic E-state index is 12.3. The molecule has 1 saturated heterocycles. The average molecular weight is 443 g/mol. The van der Waals surface area contributed by atoms with Crippen molar-refractivity contribution in [1.29, 1.82) is 0 Å². The Morgan fingerprint density at radius 1 is 1.27 bits per heavy atom. The second kappa shape index (κ2) is 10.2. The molecule has 1 N–H and O–H groups in total. The van der Waals surface area contributed by atoms with Gasteiger partial charge >= 0.3 is 0 Å². The van der Waals surface area contributed by atoms with Crippen LogP contribution in [-0.2, 0) is 17.9 Å². The lowest BCUT2D eigenvalue weighted by Gasteiger charge is -2.32. The fourth-order valence-corrected chi connectivity index (χ4v) is 4.94. The minimum atomic E-state index is 0.102. The first-order valence-electron chi connectivity index (χ1n) is 10.5. The summed E-state index contributed by atoms with van der Waals surface area (Å²) in [6.07, 6.45) is 7.80. The first-order chi connectivity index (χ1) is 14.7. The summed E-state index contributed by atoms with van der Waals surface area (Å²) in [4.78, 5) is 19.2. The normalized spacial score (nSPS) is 17.2. The van der Waals surface area contributed by atoms with Crippen molar-refractivity contribution in [3.63, 3.8) is 0 Å². The molecule has 0 saturated carbocycles. The lowest BCUT2D eigenvalue weighted by molar-refractivity contribution is -0.121. The highest BCUT2D eigenvalue weighted by atomic mass is 35.5. The van der Waals surface area contributed by atoms with Crippen molar-refractivity contribution in [2.24, 2.45) is 5.92 Å². The third-order valence-corrected chi connectivity index (χ3v) is 6.80. The third kappa shape index (κ3) is 5.50. The molecule has 3 heterocycles. The molecule has 0 aliphatic carbocycles. The van der Waals surface area contributed by atoms with Crippen LogP contribution in [0.4, 0.5) is 0 Å². The van der Waals surface area contributed by atoms with E-state index in [1.165, 1.54) is 18.5 Å². The van der Waals surface area contributed by atoms with Crippen LogP contribution in [0, 0.1) is 5.92 Å². The number of nitrogens with one attached hydrogen (secondary N) is 1. The topological polar surface area (TPSA) is 50.2 Å². The summed E-state index contributed by atoms with van der Waals surface area (Å²) in [5.41, 5.74) is 2.22. The Bertz CT molecular complexity index is 956. The minimum absolute atomic E-state index is 0.102. The Labute approximate surface area is 186 Å². The predicted octanol–water partition coefficient (Wildman–Crippen LogP) is 4.90. The van der Waals surface area contributed by atoms with Gasteiger partial charge in [-0.3, -0.25) is 14.3 Å². The van der Waals surface area contributed by atoms with Gasteiger partial charge in [0.05, 0.1) is 0 Å². The summed E-state index contributed by atoms with van der Waals surface area (Å²) in [6, 6.07) is 11.9. The van der Waals surface area contributed by atoms with E-state index < -0.39 is 0 Å². The Morgan fingerprint density at radius 3 is 3.00 bits per heavy atom. The molecule has 3 aromatic rings. The number of hydrogen-bond donors (Lipinski definition) is 1. The van der Waals surface area contributed by atoms with Crippen LogP contribution in [-0.4, -0.2) is 33.4 Å². The molecule has 7 heteroatoms. The minimum Gasteiger partial charge on any atom is -0.352 e. The second-order valence-electron chi connectivity index (χ2n) is 7.83. The van der Waals surface area contributed by atoms with Gasteiger partial charge in [0.25, 0.3) is 0 Å². The number of likely N-dealkylation sites (tertiary alicyclic amines) is 1. The number of rotatable bonds is 8. The maximum absolute atomic E-state index is 12.3. The number of amides is 1. The molecule has 1 amide bonds. The first-order valence-corrected chi connectivity index (χ1v) is 11.7. The van der Waals surface area contributed by atoms with E-state index in [-0.39, 0.29) is 5.91 Å². The molecular formula is C23H27ClN4OS. The van der Waals surface area contributed by atoms with Gasteiger partial charge < -0.3 is 5.32 Å². The van der Waals surface area contributed by atoms with Crippen LogP contribution in [0.3, 0.4) is 0 Å². The van der Waals surface area contributed by atoms with Crippen molar-refractivity contribution in [3.05, 3.63) is 70.5 Å². The Balaban J connectivity index is 1.24. The molecule has 30 heavy (non-hydrogen) atoms. The molecule has 0 spiro atoms. The number of piperidine rings is 1. The summed E-state index contributed by atoms with van der Waals surface area (Å²) < 4.78 is 2.18. The van der Waals surface area contributed by atoms with Crippen LogP contribution in [0.15, 0.2) is 54.2 Å². The van der Waals surface area contributed by atoms with Crippen molar-refractivity contribution in [2.45, 2.75) is 38.8 Å². The lowest BCUT2D eigenvalue weighted by Crippen LogP contribution is -2.36. The molecule has 1 atom stereocenters. The molecule has 0 bridgehead atoms. The van der Waals surface area contributed by atoms with E-state index in [0.29, 0.717) is 23.9 Å². The van der Waals surface area contributed by atoms with Crippen molar-refractivity contribution in [3.8, 4) is 5.13 Å². The van der Waals surface area contributed by atoms with Gasteiger partial charge in [-0.2, -0.15) is 0 Å². The van der Waals surface area contributed by atoms with Crippen LogP contribution in [0.5, 0.6) is 0 Å². The number of carbonyl (C=O) groups is 1. The third-order valence-electron chi connectivity index (χ3n) is 5.66. The van der Waals surface area contributed by atoms with Crippen molar-refractivity contribution in [1.82, 2.24) is 19.8 Å². The van der Waals surface area contributed by atoms with Gasteiger partial charge in [-0.25, -0.2) is 4.98 Å². The second-order valence-corrected chi connectivity index (χ2v) is 9.11. The molecule has 1 aromatic carbocycles. The molecule has 0 radical (unpaired) electrons. The Kier molecular flexibility index (Phi) is 7.20. The van der Waals surface area contributed by atoms with Gasteiger partial charge in [0.1, 0.15) is 0 Å². The fraction of sp³-hybridized carbons (Fsp3) is 0.391. The van der Waals surface area contributed by atoms with Crippen LogP contribution >= 0.6 is 22.9 Å². The summed E-state index contributed by atoms with van der Waals surface area (Å²) >= 11 is 7.82. The van der Waals surface area contributed by atoms with Crippen LogP contribution in [0.2, 0.25) is 5.02 Å². The van der Waals surface area contributed by atoms with E-state index in [1.54, 1.807) is 11.3 Å². The number of nitrogens with zero attached hydrogens (tertiary/aromatic N) is 3. The van der Waals surface area contributed by atoms with Gasteiger partial charge in [0.2, 0.25) is 5.91 Å². The van der Waals surface area contributed by atoms with Crippen LogP contribution in [0.25, 0.3) is 5.13 Å². The zero-order valence-corrected chi connectivity index (χ0v) is 18.5. The van der Waals surface area contributed by atoms with E-state index in [9.17, 15) is 4.79 Å². The molecule has 4 rings (SSSR count). The van der Waals surface area contributed by atoms with E-state index >= 15 is 0 Å². The standard InChI is InChI=1S/C23H27ClN4OS/c24-21-8-2-1-6-19(21)15-26-22(29)10-9-18-5-3-12-27(16-18)17-20-7-4-13-28(20)23-25-11-14-30-23/h1-2,4,6-8,11,13-14,18H,3,5,9-10,12,15-17H2,(H,26,29). The Morgan fingerprint density at radius 2 is 2.17 bits per heavy atom. The number of carbonyl (C=O) groups excluding carboxylic acids is 1.